The van der Waals surface area contributed by atoms with Crippen LogP contribution in [0.4, 0.5) is 5.82 Å². The Morgan fingerprint density at radius 1 is 1.22 bits per heavy atom. The quantitative estimate of drug-likeness (QED) is 0.795. The van der Waals surface area contributed by atoms with Gasteiger partial charge in [0.15, 0.2) is 0 Å². The molecular weight excluding hydrogens is 286 g/mol. The highest BCUT2D eigenvalue weighted by atomic mass is 15.3. The fraction of sp³-hybridized carbons (Fsp3) is 0.278. The van der Waals surface area contributed by atoms with Crippen LogP contribution in [0.3, 0.4) is 0 Å². The van der Waals surface area contributed by atoms with Gasteiger partial charge in [-0.1, -0.05) is 30.4 Å². The van der Waals surface area contributed by atoms with Crippen molar-refractivity contribution in [2.75, 3.05) is 4.90 Å². The van der Waals surface area contributed by atoms with Gasteiger partial charge in [-0.15, -0.1) is 0 Å². The fourth-order valence-corrected chi connectivity index (χ4v) is 2.69. The molecule has 0 saturated carbocycles. The summed E-state index contributed by atoms with van der Waals surface area (Å²) in [6, 6.07) is 0. The van der Waals surface area contributed by atoms with Crippen LogP contribution in [0, 0.1) is 0 Å². The van der Waals surface area contributed by atoms with Crippen LogP contribution >= 0.6 is 0 Å². The molecule has 3 heterocycles. The Morgan fingerprint density at radius 2 is 2.13 bits per heavy atom. The minimum atomic E-state index is 0.785. The first-order valence-corrected chi connectivity index (χ1v) is 7.81. The van der Waals surface area contributed by atoms with E-state index < -0.39 is 0 Å². The zero-order valence-electron chi connectivity index (χ0n) is 13.6. The van der Waals surface area contributed by atoms with Crippen molar-refractivity contribution in [3.8, 4) is 0 Å². The fourth-order valence-electron chi connectivity index (χ4n) is 2.69. The van der Waals surface area contributed by atoms with Crippen molar-refractivity contribution < 1.29 is 0 Å². The molecule has 1 aliphatic heterocycles. The molecule has 118 valence electrons. The third kappa shape index (κ3) is 3.56. The van der Waals surface area contributed by atoms with Gasteiger partial charge in [0.05, 0.1) is 25.0 Å². The summed E-state index contributed by atoms with van der Waals surface area (Å²) >= 11 is 0. The number of aromatic nitrogens is 4. The van der Waals surface area contributed by atoms with Crippen LogP contribution in [-0.2, 0) is 19.6 Å². The second-order valence-electron chi connectivity index (χ2n) is 5.49. The molecule has 0 amide bonds. The van der Waals surface area contributed by atoms with Crippen molar-refractivity contribution in [1.29, 1.82) is 0 Å². The molecule has 0 atom stereocenters. The molecule has 5 nitrogen and oxygen atoms in total. The van der Waals surface area contributed by atoms with Crippen LogP contribution in [0.1, 0.15) is 25.1 Å². The van der Waals surface area contributed by atoms with Gasteiger partial charge in [0.2, 0.25) is 0 Å². The predicted molar refractivity (Wildman–Crippen MR) is 91.9 cm³/mol. The first-order valence-electron chi connectivity index (χ1n) is 7.81. The number of nitrogens with zero attached hydrogens (tertiary/aromatic N) is 5. The second-order valence-corrected chi connectivity index (χ2v) is 5.49. The van der Waals surface area contributed by atoms with Crippen molar-refractivity contribution in [2.45, 2.75) is 33.5 Å². The van der Waals surface area contributed by atoms with Crippen LogP contribution in [-0.4, -0.2) is 19.7 Å². The Bertz CT molecular complexity index is 717. The predicted octanol–water partition coefficient (Wildman–Crippen LogP) is 3.27. The normalized spacial score (nSPS) is 15.0. The van der Waals surface area contributed by atoms with E-state index in [1.165, 1.54) is 11.1 Å². The van der Waals surface area contributed by atoms with Gasteiger partial charge >= 0.3 is 0 Å². The highest BCUT2D eigenvalue weighted by molar-refractivity contribution is 5.43. The molecule has 23 heavy (non-hydrogen) atoms. The third-order valence-electron chi connectivity index (χ3n) is 3.73. The lowest BCUT2D eigenvalue weighted by molar-refractivity contribution is 0.660. The summed E-state index contributed by atoms with van der Waals surface area (Å²) in [6.07, 6.45) is 17.7. The molecular formula is C18H21N5. The van der Waals surface area contributed by atoms with Gasteiger partial charge in [-0.25, -0.2) is 4.98 Å². The minimum Gasteiger partial charge on any atom is -0.345 e. The number of anilines is 1. The maximum atomic E-state index is 4.72. The van der Waals surface area contributed by atoms with Crippen LogP contribution in [0.25, 0.3) is 0 Å². The maximum absolute atomic E-state index is 4.72. The van der Waals surface area contributed by atoms with Gasteiger partial charge in [0.25, 0.3) is 0 Å². The Hall–Kier alpha value is -2.69. The average Bonchev–Trinajstić information content (AvgIpc) is 3.12. The van der Waals surface area contributed by atoms with Crippen molar-refractivity contribution in [2.24, 2.45) is 0 Å². The molecule has 2 aromatic heterocycles. The molecule has 0 N–H and O–H groups in total. The molecule has 5 heteroatoms. The van der Waals surface area contributed by atoms with Crippen LogP contribution in [0.2, 0.25) is 0 Å². The summed E-state index contributed by atoms with van der Waals surface area (Å²) in [7, 11) is 0. The van der Waals surface area contributed by atoms with E-state index in [0.29, 0.717) is 0 Å². The lowest BCUT2D eigenvalue weighted by atomic mass is 10.2. The summed E-state index contributed by atoms with van der Waals surface area (Å²) in [5.41, 5.74) is 3.63. The van der Waals surface area contributed by atoms with E-state index in [4.69, 9.17) is 5.10 Å². The van der Waals surface area contributed by atoms with E-state index in [1.807, 2.05) is 24.6 Å². The average molecular weight is 307 g/mol. The summed E-state index contributed by atoms with van der Waals surface area (Å²) in [5.74, 6) is 0.902. The lowest BCUT2D eigenvalue weighted by Crippen LogP contribution is -2.17. The smallest absolute Gasteiger partial charge is 0.147 e. The molecule has 1 aliphatic rings. The summed E-state index contributed by atoms with van der Waals surface area (Å²) in [6.45, 7) is 6.47. The van der Waals surface area contributed by atoms with Crippen molar-refractivity contribution in [3.05, 3.63) is 72.0 Å². The van der Waals surface area contributed by atoms with E-state index >= 15 is 0 Å². The Morgan fingerprint density at radius 3 is 2.83 bits per heavy atom. The Balaban J connectivity index is 1.71. The SMILES string of the molecule is C\C=C/C=C(\C=C/C)Cn1cc2c(n1)CN(c1cnccn1)C2. The van der Waals surface area contributed by atoms with Gasteiger partial charge in [-0.2, -0.15) is 5.10 Å². The van der Waals surface area contributed by atoms with Crippen LogP contribution in [0.15, 0.2) is 60.7 Å². The molecule has 0 bridgehead atoms. The Labute approximate surface area is 136 Å². The molecule has 0 saturated heterocycles. The molecule has 0 aromatic carbocycles. The zero-order chi connectivity index (χ0) is 16.1. The molecule has 0 spiro atoms. The first kappa shape index (κ1) is 15.2. The van der Waals surface area contributed by atoms with E-state index in [9.17, 15) is 0 Å². The molecule has 0 fully saturated rings. The van der Waals surface area contributed by atoms with Crippen LogP contribution < -0.4 is 4.90 Å². The molecule has 0 aliphatic carbocycles. The van der Waals surface area contributed by atoms with E-state index in [0.717, 1.165) is 31.1 Å². The molecule has 2 aromatic rings. The van der Waals surface area contributed by atoms with Gasteiger partial charge in [0.1, 0.15) is 5.82 Å². The number of allylic oxidation sites excluding steroid dienone is 6. The summed E-state index contributed by atoms with van der Waals surface area (Å²) in [5, 5.41) is 4.72. The number of fused-ring (bicyclic) bond motifs is 1. The maximum Gasteiger partial charge on any atom is 0.147 e. The number of hydrogen-bond donors (Lipinski definition) is 0. The topological polar surface area (TPSA) is 46.8 Å². The largest absolute Gasteiger partial charge is 0.345 e. The Kier molecular flexibility index (Phi) is 4.66. The highest BCUT2D eigenvalue weighted by Gasteiger charge is 2.23. The van der Waals surface area contributed by atoms with E-state index in [2.05, 4.69) is 45.4 Å². The number of hydrogen-bond acceptors (Lipinski definition) is 4. The standard InChI is InChI=1S/C18H21N5/c1-3-5-7-15(6-4-2)11-23-13-16-12-22(14-17(16)21-23)18-10-19-8-9-20-18/h3-10,13H,11-12,14H2,1-2H3/b5-3-,6-4-,15-7+. The first-order chi connectivity index (χ1) is 11.3. The van der Waals surface area contributed by atoms with E-state index in [1.54, 1.807) is 18.6 Å². The lowest BCUT2D eigenvalue weighted by Gasteiger charge is -2.15. The van der Waals surface area contributed by atoms with Gasteiger partial charge in [-0.05, 0) is 19.4 Å². The van der Waals surface area contributed by atoms with E-state index in [-0.39, 0.29) is 0 Å². The van der Waals surface area contributed by atoms with Crippen molar-refractivity contribution >= 4 is 5.82 Å². The van der Waals surface area contributed by atoms with Gasteiger partial charge in [0, 0.05) is 30.7 Å². The summed E-state index contributed by atoms with van der Waals surface area (Å²) < 4.78 is 2.02. The molecule has 0 unspecified atom stereocenters. The molecule has 3 rings (SSSR count). The summed E-state index contributed by atoms with van der Waals surface area (Å²) in [4.78, 5) is 10.7. The highest BCUT2D eigenvalue weighted by Crippen LogP contribution is 2.25. The molecule has 0 radical (unpaired) electrons. The van der Waals surface area contributed by atoms with Crippen molar-refractivity contribution in [1.82, 2.24) is 19.7 Å². The second kappa shape index (κ2) is 7.05. The number of rotatable bonds is 5. The monoisotopic (exact) mass is 307 g/mol. The van der Waals surface area contributed by atoms with Gasteiger partial charge in [-0.3, -0.25) is 9.67 Å². The van der Waals surface area contributed by atoms with Gasteiger partial charge < -0.3 is 4.90 Å². The third-order valence-corrected chi connectivity index (χ3v) is 3.73. The van der Waals surface area contributed by atoms with Crippen LogP contribution in [0.5, 0.6) is 0 Å². The minimum absolute atomic E-state index is 0.785. The zero-order valence-corrected chi connectivity index (χ0v) is 13.6. The van der Waals surface area contributed by atoms with Crippen molar-refractivity contribution in [3.63, 3.8) is 0 Å².